The van der Waals surface area contributed by atoms with Crippen molar-refractivity contribution in [1.82, 2.24) is 0 Å². The van der Waals surface area contributed by atoms with Crippen molar-refractivity contribution in [3.05, 3.63) is 33.3 Å². The maximum atomic E-state index is 10.5. The van der Waals surface area contributed by atoms with E-state index >= 15 is 0 Å². The Bertz CT molecular complexity index is 356. The predicted molar refractivity (Wildman–Crippen MR) is 55.5 cm³/mol. The number of nitro benzene ring substituents is 1. The van der Waals surface area contributed by atoms with Crippen molar-refractivity contribution in [2.45, 2.75) is 0 Å². The summed E-state index contributed by atoms with van der Waals surface area (Å²) in [7, 11) is 1.54. The summed E-state index contributed by atoms with van der Waals surface area (Å²) >= 11 is 5.79. The van der Waals surface area contributed by atoms with Gasteiger partial charge in [-0.1, -0.05) is 11.6 Å². The van der Waals surface area contributed by atoms with Crippen LogP contribution in [0.3, 0.4) is 0 Å². The molecule has 0 aliphatic heterocycles. The zero-order chi connectivity index (χ0) is 11.3. The van der Waals surface area contributed by atoms with Crippen molar-refractivity contribution in [3.8, 4) is 5.75 Å². The topological polar surface area (TPSA) is 61.6 Å². The average Bonchev–Trinajstić information content (AvgIpc) is 2.20. The highest BCUT2D eigenvalue weighted by molar-refractivity contribution is 6.32. The van der Waals surface area contributed by atoms with Crippen LogP contribution in [0.1, 0.15) is 0 Å². The summed E-state index contributed by atoms with van der Waals surface area (Å²) in [5, 5.41) is 10.8. The van der Waals surface area contributed by atoms with Crippen LogP contribution in [0.5, 0.6) is 5.75 Å². The molecule has 0 fully saturated rings. The summed E-state index contributed by atoms with van der Waals surface area (Å²) in [6.45, 7) is 0.705. The van der Waals surface area contributed by atoms with Gasteiger partial charge in [-0.2, -0.15) is 0 Å². The van der Waals surface area contributed by atoms with E-state index < -0.39 is 4.92 Å². The maximum Gasteiger partial charge on any atom is 0.273 e. The first-order chi connectivity index (χ1) is 7.15. The maximum absolute atomic E-state index is 10.5. The second-order valence-corrected chi connectivity index (χ2v) is 3.12. The molecule has 0 saturated heterocycles. The van der Waals surface area contributed by atoms with Crippen LogP contribution < -0.4 is 4.74 Å². The Morgan fingerprint density at radius 3 is 2.80 bits per heavy atom. The molecule has 1 aromatic carbocycles. The number of nitro groups is 1. The van der Waals surface area contributed by atoms with E-state index in [-0.39, 0.29) is 5.69 Å². The van der Waals surface area contributed by atoms with Crippen LogP contribution in [-0.2, 0) is 4.74 Å². The lowest BCUT2D eigenvalue weighted by Gasteiger charge is -2.06. The minimum atomic E-state index is -0.500. The second-order valence-electron chi connectivity index (χ2n) is 2.71. The normalized spacial score (nSPS) is 10.0. The number of rotatable bonds is 5. The van der Waals surface area contributed by atoms with Gasteiger partial charge >= 0.3 is 0 Å². The van der Waals surface area contributed by atoms with Gasteiger partial charge in [0, 0.05) is 13.2 Å². The van der Waals surface area contributed by atoms with E-state index in [1.165, 1.54) is 18.2 Å². The lowest BCUT2D eigenvalue weighted by molar-refractivity contribution is -0.384. The fourth-order valence-electron chi connectivity index (χ4n) is 0.951. The van der Waals surface area contributed by atoms with E-state index in [1.54, 1.807) is 7.11 Å². The summed E-state index contributed by atoms with van der Waals surface area (Å²) in [6, 6.07) is 4.05. The van der Waals surface area contributed by atoms with Crippen molar-refractivity contribution in [1.29, 1.82) is 0 Å². The molecule has 0 atom stereocenters. The molecule has 0 unspecified atom stereocenters. The van der Waals surface area contributed by atoms with Crippen molar-refractivity contribution in [2.24, 2.45) is 0 Å². The monoisotopic (exact) mass is 231 g/mol. The molecule has 5 nitrogen and oxygen atoms in total. The van der Waals surface area contributed by atoms with Gasteiger partial charge in [-0.15, -0.1) is 0 Å². The van der Waals surface area contributed by atoms with Crippen LogP contribution in [0, 0.1) is 10.1 Å². The van der Waals surface area contributed by atoms with Gasteiger partial charge in [-0.3, -0.25) is 10.1 Å². The van der Waals surface area contributed by atoms with Gasteiger partial charge in [0.1, 0.15) is 12.4 Å². The highest BCUT2D eigenvalue weighted by Gasteiger charge is 2.10. The number of nitrogens with zero attached hydrogens (tertiary/aromatic N) is 1. The fraction of sp³-hybridized carbons (Fsp3) is 0.333. The van der Waals surface area contributed by atoms with Crippen LogP contribution in [-0.4, -0.2) is 25.2 Å². The zero-order valence-electron chi connectivity index (χ0n) is 8.10. The van der Waals surface area contributed by atoms with Crippen molar-refractivity contribution in [2.75, 3.05) is 20.3 Å². The van der Waals surface area contributed by atoms with E-state index in [4.69, 9.17) is 21.1 Å². The predicted octanol–water partition coefficient (Wildman–Crippen LogP) is 2.27. The molecular formula is C9H10ClNO4. The van der Waals surface area contributed by atoms with Crippen LogP contribution in [0.4, 0.5) is 5.69 Å². The Labute approximate surface area is 91.7 Å². The molecule has 15 heavy (non-hydrogen) atoms. The summed E-state index contributed by atoms with van der Waals surface area (Å²) in [6.07, 6.45) is 0. The Balaban J connectivity index is 2.76. The third-order valence-electron chi connectivity index (χ3n) is 1.67. The smallest absolute Gasteiger partial charge is 0.273 e. The summed E-state index contributed by atoms with van der Waals surface area (Å²) < 4.78 is 9.99. The lowest BCUT2D eigenvalue weighted by Crippen LogP contribution is -2.04. The Morgan fingerprint density at radius 1 is 1.47 bits per heavy atom. The zero-order valence-corrected chi connectivity index (χ0v) is 8.86. The number of benzene rings is 1. The molecule has 0 heterocycles. The van der Waals surface area contributed by atoms with Gasteiger partial charge in [0.05, 0.1) is 22.6 Å². The number of non-ortho nitro benzene ring substituents is 1. The number of hydrogen-bond donors (Lipinski definition) is 0. The standard InChI is InChI=1S/C9H10ClNO4/c1-14-4-5-15-9-6-7(11(12)13)2-3-8(9)10/h2-3,6H,4-5H2,1H3. The molecule has 6 heteroatoms. The summed E-state index contributed by atoms with van der Waals surface area (Å²) in [4.78, 5) is 9.98. The van der Waals surface area contributed by atoms with Gasteiger partial charge < -0.3 is 9.47 Å². The molecule has 1 aromatic rings. The molecule has 0 aliphatic carbocycles. The summed E-state index contributed by atoms with van der Waals surface area (Å²) in [5.74, 6) is 0.294. The molecule has 0 spiro atoms. The first kappa shape index (κ1) is 11.7. The third-order valence-corrected chi connectivity index (χ3v) is 1.98. The minimum absolute atomic E-state index is 0.0492. The van der Waals surface area contributed by atoms with Gasteiger partial charge in [-0.05, 0) is 6.07 Å². The summed E-state index contributed by atoms with van der Waals surface area (Å²) in [5.41, 5.74) is -0.0492. The molecule has 0 radical (unpaired) electrons. The highest BCUT2D eigenvalue weighted by Crippen LogP contribution is 2.28. The number of halogens is 1. The van der Waals surface area contributed by atoms with Crippen LogP contribution in [0.25, 0.3) is 0 Å². The van der Waals surface area contributed by atoms with Gasteiger partial charge in [0.25, 0.3) is 5.69 Å². The van der Waals surface area contributed by atoms with E-state index in [9.17, 15) is 10.1 Å². The third kappa shape index (κ3) is 3.38. The fourth-order valence-corrected chi connectivity index (χ4v) is 1.12. The van der Waals surface area contributed by atoms with E-state index in [2.05, 4.69) is 0 Å². The van der Waals surface area contributed by atoms with Crippen molar-refractivity contribution >= 4 is 17.3 Å². The molecule has 82 valence electrons. The molecular weight excluding hydrogens is 222 g/mol. The quantitative estimate of drug-likeness (QED) is 0.443. The second kappa shape index (κ2) is 5.53. The van der Waals surface area contributed by atoms with E-state index in [0.29, 0.717) is 24.0 Å². The highest BCUT2D eigenvalue weighted by atomic mass is 35.5. The molecule has 0 aliphatic rings. The first-order valence-corrected chi connectivity index (χ1v) is 4.58. The van der Waals surface area contributed by atoms with Crippen molar-refractivity contribution in [3.63, 3.8) is 0 Å². The molecule has 0 bridgehead atoms. The SMILES string of the molecule is COCCOc1cc([N+](=O)[O-])ccc1Cl. The first-order valence-electron chi connectivity index (χ1n) is 4.21. The van der Waals surface area contributed by atoms with Gasteiger partial charge in [0.2, 0.25) is 0 Å². The molecule has 0 amide bonds. The Morgan fingerprint density at radius 2 is 2.20 bits per heavy atom. The van der Waals surface area contributed by atoms with Crippen LogP contribution in [0.2, 0.25) is 5.02 Å². The Kier molecular flexibility index (Phi) is 4.33. The molecule has 0 N–H and O–H groups in total. The molecule has 0 saturated carbocycles. The minimum Gasteiger partial charge on any atom is -0.489 e. The largest absolute Gasteiger partial charge is 0.489 e. The van der Waals surface area contributed by atoms with E-state index in [0.717, 1.165) is 0 Å². The van der Waals surface area contributed by atoms with Crippen LogP contribution in [0.15, 0.2) is 18.2 Å². The number of methoxy groups -OCH3 is 1. The van der Waals surface area contributed by atoms with Crippen molar-refractivity contribution < 1.29 is 14.4 Å². The average molecular weight is 232 g/mol. The molecule has 1 rings (SSSR count). The lowest BCUT2D eigenvalue weighted by atomic mass is 10.3. The Hall–Kier alpha value is -1.33. The molecule has 0 aromatic heterocycles. The van der Waals surface area contributed by atoms with Crippen LogP contribution >= 0.6 is 11.6 Å². The van der Waals surface area contributed by atoms with E-state index in [1.807, 2.05) is 0 Å². The number of ether oxygens (including phenoxy) is 2. The van der Waals surface area contributed by atoms with Gasteiger partial charge in [0.15, 0.2) is 0 Å². The van der Waals surface area contributed by atoms with Gasteiger partial charge in [-0.25, -0.2) is 0 Å². The number of hydrogen-bond acceptors (Lipinski definition) is 4.